The smallest absolute Gasteiger partial charge is 0.359 e. The van der Waals surface area contributed by atoms with Crippen LogP contribution in [0.5, 0.6) is 0 Å². The largest absolute Gasteiger partial charge is 0.388 e. The van der Waals surface area contributed by atoms with Crippen LogP contribution in [0, 0.1) is 0 Å². The van der Waals surface area contributed by atoms with Gasteiger partial charge < -0.3 is 14.4 Å². The fourth-order valence-corrected chi connectivity index (χ4v) is 4.36. The second-order valence-corrected chi connectivity index (χ2v) is 6.97. The van der Waals surface area contributed by atoms with Gasteiger partial charge in [-0.1, -0.05) is 30.3 Å². The maximum absolute atomic E-state index is 12.7. The molecule has 0 radical (unpaired) electrons. The number of hydrogen-bond donors (Lipinski definition) is 1. The van der Waals surface area contributed by atoms with Gasteiger partial charge in [-0.25, -0.2) is 0 Å². The molecule has 0 aliphatic heterocycles. The Morgan fingerprint density at radius 1 is 1.10 bits per heavy atom. The highest BCUT2D eigenvalue weighted by Crippen LogP contribution is 2.62. The number of hydrogen-bond acceptors (Lipinski definition) is 4. The Hall–Kier alpha value is -1.09. The molecule has 0 spiro atoms. The van der Waals surface area contributed by atoms with Gasteiger partial charge in [-0.05, 0) is 38.7 Å². The van der Waals surface area contributed by atoms with Crippen molar-refractivity contribution in [3.05, 3.63) is 46.9 Å². The molecule has 0 fully saturated rings. The molecular weight excluding hydrogens is 285 g/mol. The molecule has 1 aromatic rings. The first kappa shape index (κ1) is 16.3. The van der Waals surface area contributed by atoms with Crippen molar-refractivity contribution in [1.82, 2.24) is 5.32 Å². The summed E-state index contributed by atoms with van der Waals surface area (Å²) in [6, 6.07) is 10.3. The van der Waals surface area contributed by atoms with Gasteiger partial charge in [-0.3, -0.25) is 4.57 Å². The molecule has 0 aromatic heterocycles. The van der Waals surface area contributed by atoms with Crippen molar-refractivity contribution >= 4 is 7.60 Å². The molecular formula is C16H24NO3P. The standard InChI is InChI=1S/C16H24NO3P/c1-3-19-21(18,20-4-2)16-11-10-15(16)17-13-12-14-8-6-5-7-9-14/h5-9,17H,3-4,10-13H2,1-2H3. The summed E-state index contributed by atoms with van der Waals surface area (Å²) in [6.45, 7) is 5.32. The summed E-state index contributed by atoms with van der Waals surface area (Å²) in [5, 5.41) is 4.22. The Morgan fingerprint density at radius 2 is 1.76 bits per heavy atom. The van der Waals surface area contributed by atoms with Crippen molar-refractivity contribution in [2.24, 2.45) is 0 Å². The van der Waals surface area contributed by atoms with Crippen LogP contribution in [0.1, 0.15) is 32.3 Å². The molecule has 5 heteroatoms. The maximum atomic E-state index is 12.7. The molecule has 116 valence electrons. The van der Waals surface area contributed by atoms with Gasteiger partial charge in [0.1, 0.15) is 0 Å². The highest BCUT2D eigenvalue weighted by Gasteiger charge is 2.36. The van der Waals surface area contributed by atoms with Crippen molar-refractivity contribution < 1.29 is 13.6 Å². The Labute approximate surface area is 127 Å². The average Bonchev–Trinajstić information content (AvgIpc) is 2.43. The van der Waals surface area contributed by atoms with E-state index in [9.17, 15) is 4.57 Å². The summed E-state index contributed by atoms with van der Waals surface area (Å²) >= 11 is 0. The first-order valence-electron chi connectivity index (χ1n) is 7.59. The molecule has 0 unspecified atom stereocenters. The number of allylic oxidation sites excluding steroid dienone is 2. The fraction of sp³-hybridized carbons (Fsp3) is 0.500. The number of rotatable bonds is 9. The summed E-state index contributed by atoms with van der Waals surface area (Å²) in [5.41, 5.74) is 2.33. The van der Waals surface area contributed by atoms with Crippen LogP contribution in [0.2, 0.25) is 0 Å². The molecule has 4 nitrogen and oxygen atoms in total. The highest BCUT2D eigenvalue weighted by atomic mass is 31.2. The second-order valence-electron chi connectivity index (χ2n) is 4.92. The molecule has 0 heterocycles. The zero-order valence-corrected chi connectivity index (χ0v) is 13.7. The van der Waals surface area contributed by atoms with Gasteiger partial charge in [-0.2, -0.15) is 0 Å². The lowest BCUT2D eigenvalue weighted by Crippen LogP contribution is -2.24. The molecule has 1 aliphatic carbocycles. The van der Waals surface area contributed by atoms with Crippen molar-refractivity contribution in [3.8, 4) is 0 Å². The molecule has 1 N–H and O–H groups in total. The molecule has 21 heavy (non-hydrogen) atoms. The number of nitrogens with one attached hydrogen (secondary N) is 1. The monoisotopic (exact) mass is 309 g/mol. The van der Waals surface area contributed by atoms with Gasteiger partial charge in [-0.15, -0.1) is 0 Å². The van der Waals surface area contributed by atoms with Gasteiger partial charge in [0.05, 0.1) is 18.5 Å². The van der Waals surface area contributed by atoms with Crippen LogP contribution in [-0.2, 0) is 20.0 Å². The zero-order valence-electron chi connectivity index (χ0n) is 12.8. The van der Waals surface area contributed by atoms with Crippen molar-refractivity contribution in [2.45, 2.75) is 33.1 Å². The van der Waals surface area contributed by atoms with Gasteiger partial charge in [0.15, 0.2) is 0 Å². The van der Waals surface area contributed by atoms with Crippen LogP contribution in [0.15, 0.2) is 41.3 Å². The lowest BCUT2D eigenvalue weighted by atomic mass is 10.1. The summed E-state index contributed by atoms with van der Waals surface area (Å²) in [5.74, 6) is 0. The van der Waals surface area contributed by atoms with Gasteiger partial charge in [0.25, 0.3) is 0 Å². The SMILES string of the molecule is CCOP(=O)(OCC)C1=C(NCCc2ccccc2)CC1. The minimum absolute atomic E-state index is 0.401. The summed E-state index contributed by atoms with van der Waals surface area (Å²) in [7, 11) is -3.07. The molecule has 0 amide bonds. The first-order chi connectivity index (χ1) is 10.2. The van der Waals surface area contributed by atoms with Gasteiger partial charge in [0.2, 0.25) is 0 Å². The quantitative estimate of drug-likeness (QED) is 0.698. The average molecular weight is 309 g/mol. The molecule has 1 aliphatic rings. The zero-order chi connectivity index (χ0) is 15.1. The Kier molecular flexibility index (Phi) is 6.04. The van der Waals surface area contributed by atoms with E-state index in [1.165, 1.54) is 5.56 Å². The highest BCUT2D eigenvalue weighted by molar-refractivity contribution is 7.58. The van der Waals surface area contributed by atoms with Crippen LogP contribution in [0.4, 0.5) is 0 Å². The third-order valence-corrected chi connectivity index (χ3v) is 5.83. The van der Waals surface area contributed by atoms with Crippen molar-refractivity contribution in [2.75, 3.05) is 19.8 Å². The van der Waals surface area contributed by atoms with Crippen LogP contribution in [-0.4, -0.2) is 19.8 Å². The van der Waals surface area contributed by atoms with E-state index in [-0.39, 0.29) is 0 Å². The molecule has 0 bridgehead atoms. The van der Waals surface area contributed by atoms with Crippen LogP contribution in [0.3, 0.4) is 0 Å². The summed E-state index contributed by atoms with van der Waals surface area (Å²) < 4.78 is 23.5. The lowest BCUT2D eigenvalue weighted by Gasteiger charge is -2.30. The van der Waals surface area contributed by atoms with E-state index < -0.39 is 7.60 Å². The van der Waals surface area contributed by atoms with E-state index in [1.807, 2.05) is 32.0 Å². The topological polar surface area (TPSA) is 47.6 Å². The molecule has 0 saturated heterocycles. The van der Waals surface area contributed by atoms with E-state index in [1.54, 1.807) is 0 Å². The number of benzene rings is 1. The van der Waals surface area contributed by atoms with Crippen LogP contribution >= 0.6 is 7.60 Å². The second kappa shape index (κ2) is 7.79. The molecule has 0 atom stereocenters. The summed E-state index contributed by atoms with van der Waals surface area (Å²) in [6.07, 6.45) is 2.67. The molecule has 2 rings (SSSR count). The van der Waals surface area contributed by atoms with E-state index in [0.717, 1.165) is 36.8 Å². The summed E-state index contributed by atoms with van der Waals surface area (Å²) in [4.78, 5) is 0. The van der Waals surface area contributed by atoms with E-state index in [4.69, 9.17) is 9.05 Å². The first-order valence-corrected chi connectivity index (χ1v) is 9.13. The molecule has 0 saturated carbocycles. The van der Waals surface area contributed by atoms with Crippen LogP contribution < -0.4 is 5.32 Å². The Bertz CT molecular complexity index is 518. The van der Waals surface area contributed by atoms with Crippen molar-refractivity contribution in [1.29, 1.82) is 0 Å². The molecule has 1 aromatic carbocycles. The van der Waals surface area contributed by atoms with E-state index in [0.29, 0.717) is 13.2 Å². The van der Waals surface area contributed by atoms with E-state index >= 15 is 0 Å². The van der Waals surface area contributed by atoms with Gasteiger partial charge in [0, 0.05) is 12.2 Å². The lowest BCUT2D eigenvalue weighted by molar-refractivity contribution is 0.223. The predicted molar refractivity (Wildman–Crippen MR) is 85.3 cm³/mol. The third-order valence-electron chi connectivity index (χ3n) is 3.48. The minimum atomic E-state index is -3.07. The predicted octanol–water partition coefficient (Wildman–Crippen LogP) is 4.09. The third kappa shape index (κ3) is 4.19. The maximum Gasteiger partial charge on any atom is 0.359 e. The minimum Gasteiger partial charge on any atom is -0.388 e. The Balaban J connectivity index is 1.94. The van der Waals surface area contributed by atoms with Crippen molar-refractivity contribution in [3.63, 3.8) is 0 Å². The van der Waals surface area contributed by atoms with Gasteiger partial charge >= 0.3 is 7.60 Å². The van der Waals surface area contributed by atoms with E-state index in [2.05, 4.69) is 17.4 Å². The normalized spacial score (nSPS) is 15.0. The Morgan fingerprint density at radius 3 is 2.29 bits per heavy atom. The van der Waals surface area contributed by atoms with Crippen LogP contribution in [0.25, 0.3) is 0 Å². The fourth-order valence-electron chi connectivity index (χ4n) is 2.39.